The number of ether oxygens (including phenoxy) is 2. The lowest BCUT2D eigenvalue weighted by Gasteiger charge is -2.10. The van der Waals surface area contributed by atoms with Gasteiger partial charge in [0.25, 0.3) is 0 Å². The second kappa shape index (κ2) is 7.14. The number of anilines is 1. The molecule has 0 aliphatic carbocycles. The fourth-order valence-electron chi connectivity index (χ4n) is 1.69. The van der Waals surface area contributed by atoms with Gasteiger partial charge in [0.05, 0.1) is 7.11 Å². The van der Waals surface area contributed by atoms with Gasteiger partial charge in [-0.2, -0.15) is 0 Å². The van der Waals surface area contributed by atoms with Gasteiger partial charge in [-0.3, -0.25) is 0 Å². The first-order valence-electron chi connectivity index (χ1n) is 6.15. The van der Waals surface area contributed by atoms with E-state index in [1.54, 1.807) is 12.1 Å². The van der Waals surface area contributed by atoms with Crippen LogP contribution in [-0.2, 0) is 0 Å². The molecule has 2 rings (SSSR count). The molecule has 106 valence electrons. The van der Waals surface area contributed by atoms with Crippen molar-refractivity contribution in [3.8, 4) is 11.5 Å². The Morgan fingerprint density at radius 2 is 2.05 bits per heavy atom. The van der Waals surface area contributed by atoms with Crippen molar-refractivity contribution in [3.63, 3.8) is 0 Å². The minimum atomic E-state index is -0.372. The Labute approximate surface area is 125 Å². The molecule has 0 atom stereocenters. The Hall–Kier alpha value is -1.75. The van der Waals surface area contributed by atoms with E-state index in [0.29, 0.717) is 13.2 Å². The van der Waals surface area contributed by atoms with Crippen molar-refractivity contribution in [1.82, 2.24) is 0 Å². The molecule has 2 aromatic rings. The first-order valence-corrected chi connectivity index (χ1v) is 6.94. The highest BCUT2D eigenvalue weighted by atomic mass is 79.9. The van der Waals surface area contributed by atoms with Crippen LogP contribution in [0.3, 0.4) is 0 Å². The molecule has 3 nitrogen and oxygen atoms in total. The molecule has 0 aromatic heterocycles. The molecule has 2 aromatic carbocycles. The molecule has 0 heterocycles. The van der Waals surface area contributed by atoms with Gasteiger partial charge in [0.15, 0.2) is 11.6 Å². The minimum absolute atomic E-state index is 0.225. The van der Waals surface area contributed by atoms with Crippen LogP contribution in [0.2, 0.25) is 0 Å². The van der Waals surface area contributed by atoms with E-state index in [0.717, 1.165) is 15.9 Å². The van der Waals surface area contributed by atoms with Crippen LogP contribution in [0.1, 0.15) is 0 Å². The van der Waals surface area contributed by atoms with Crippen LogP contribution in [0, 0.1) is 5.82 Å². The highest BCUT2D eigenvalue weighted by molar-refractivity contribution is 9.10. The summed E-state index contributed by atoms with van der Waals surface area (Å²) in [5.74, 6) is 0.657. The van der Waals surface area contributed by atoms with Crippen LogP contribution in [-0.4, -0.2) is 20.3 Å². The normalized spacial score (nSPS) is 10.2. The molecule has 0 spiro atoms. The quantitative estimate of drug-likeness (QED) is 0.804. The van der Waals surface area contributed by atoms with E-state index in [-0.39, 0.29) is 11.6 Å². The molecule has 5 heteroatoms. The Bertz CT molecular complexity index is 578. The standard InChI is InChI=1S/C15H15BrFNO2/c1-19-15-10-12(5-6-14(15)17)18-7-8-20-13-4-2-3-11(16)9-13/h2-6,9-10,18H,7-8H2,1H3. The minimum Gasteiger partial charge on any atom is -0.494 e. The van der Waals surface area contributed by atoms with Gasteiger partial charge in [0.1, 0.15) is 12.4 Å². The highest BCUT2D eigenvalue weighted by Crippen LogP contribution is 2.21. The molecule has 0 fully saturated rings. The third-order valence-corrected chi connectivity index (χ3v) is 3.14. The van der Waals surface area contributed by atoms with Gasteiger partial charge in [0.2, 0.25) is 0 Å². The summed E-state index contributed by atoms with van der Waals surface area (Å²) in [5.41, 5.74) is 0.793. The van der Waals surface area contributed by atoms with Crippen molar-refractivity contribution in [1.29, 1.82) is 0 Å². The third kappa shape index (κ3) is 4.13. The highest BCUT2D eigenvalue weighted by Gasteiger charge is 2.03. The van der Waals surface area contributed by atoms with Crippen LogP contribution in [0.25, 0.3) is 0 Å². The average molecular weight is 340 g/mol. The number of hydrogen-bond acceptors (Lipinski definition) is 3. The van der Waals surface area contributed by atoms with Crippen molar-refractivity contribution in [2.24, 2.45) is 0 Å². The summed E-state index contributed by atoms with van der Waals surface area (Å²) >= 11 is 3.39. The van der Waals surface area contributed by atoms with E-state index in [9.17, 15) is 4.39 Å². The smallest absolute Gasteiger partial charge is 0.165 e. The third-order valence-electron chi connectivity index (χ3n) is 2.65. The first-order chi connectivity index (χ1) is 9.69. The van der Waals surface area contributed by atoms with Gasteiger partial charge in [-0.1, -0.05) is 22.0 Å². The summed E-state index contributed by atoms with van der Waals surface area (Å²) in [6.45, 7) is 1.12. The van der Waals surface area contributed by atoms with Crippen LogP contribution in [0.4, 0.5) is 10.1 Å². The van der Waals surface area contributed by atoms with Gasteiger partial charge in [-0.15, -0.1) is 0 Å². The predicted octanol–water partition coefficient (Wildman–Crippen LogP) is 4.09. The Morgan fingerprint density at radius 3 is 2.80 bits per heavy atom. The molecule has 0 bridgehead atoms. The zero-order valence-electron chi connectivity index (χ0n) is 11.0. The summed E-state index contributed by atoms with van der Waals surface area (Å²) in [5, 5.41) is 3.15. The van der Waals surface area contributed by atoms with Crippen molar-refractivity contribution >= 4 is 21.6 Å². The van der Waals surface area contributed by atoms with Crippen molar-refractivity contribution in [2.45, 2.75) is 0 Å². The fraction of sp³-hybridized carbons (Fsp3) is 0.200. The zero-order chi connectivity index (χ0) is 14.4. The Morgan fingerprint density at radius 1 is 1.20 bits per heavy atom. The molecule has 0 saturated heterocycles. The average Bonchev–Trinajstić information content (AvgIpc) is 2.45. The molecule has 0 saturated carbocycles. The topological polar surface area (TPSA) is 30.5 Å². The van der Waals surface area contributed by atoms with E-state index in [1.807, 2.05) is 24.3 Å². The Kier molecular flexibility index (Phi) is 5.24. The molecular formula is C15H15BrFNO2. The van der Waals surface area contributed by atoms with Crippen LogP contribution < -0.4 is 14.8 Å². The maximum absolute atomic E-state index is 13.2. The molecule has 0 amide bonds. The van der Waals surface area contributed by atoms with Crippen LogP contribution >= 0.6 is 15.9 Å². The van der Waals surface area contributed by atoms with Crippen molar-refractivity contribution in [3.05, 3.63) is 52.8 Å². The van der Waals surface area contributed by atoms with E-state index in [1.165, 1.54) is 13.2 Å². The summed E-state index contributed by atoms with van der Waals surface area (Å²) in [7, 11) is 1.44. The SMILES string of the molecule is COc1cc(NCCOc2cccc(Br)c2)ccc1F. The molecule has 0 unspecified atom stereocenters. The maximum atomic E-state index is 13.2. The van der Waals surface area contributed by atoms with Gasteiger partial charge in [-0.25, -0.2) is 4.39 Å². The van der Waals surface area contributed by atoms with Gasteiger partial charge < -0.3 is 14.8 Å². The van der Waals surface area contributed by atoms with Crippen LogP contribution in [0.15, 0.2) is 46.9 Å². The second-order valence-corrected chi connectivity index (χ2v) is 5.00. The van der Waals surface area contributed by atoms with Gasteiger partial charge in [0, 0.05) is 22.8 Å². The molecule has 0 radical (unpaired) electrons. The lowest BCUT2D eigenvalue weighted by Crippen LogP contribution is -2.11. The van der Waals surface area contributed by atoms with Crippen molar-refractivity contribution < 1.29 is 13.9 Å². The Balaban J connectivity index is 1.81. The zero-order valence-corrected chi connectivity index (χ0v) is 12.6. The monoisotopic (exact) mass is 339 g/mol. The number of benzene rings is 2. The largest absolute Gasteiger partial charge is 0.494 e. The summed E-state index contributed by atoms with van der Waals surface area (Å²) in [6, 6.07) is 12.3. The molecule has 0 aliphatic rings. The number of rotatable bonds is 6. The fourth-order valence-corrected chi connectivity index (χ4v) is 2.07. The van der Waals surface area contributed by atoms with Crippen LogP contribution in [0.5, 0.6) is 11.5 Å². The molecule has 1 N–H and O–H groups in total. The predicted molar refractivity (Wildman–Crippen MR) is 81.1 cm³/mol. The maximum Gasteiger partial charge on any atom is 0.165 e. The molecule has 20 heavy (non-hydrogen) atoms. The number of hydrogen-bond donors (Lipinski definition) is 1. The van der Waals surface area contributed by atoms with Gasteiger partial charge >= 0.3 is 0 Å². The summed E-state index contributed by atoms with van der Waals surface area (Å²) in [6.07, 6.45) is 0. The lowest BCUT2D eigenvalue weighted by molar-refractivity contribution is 0.332. The number of methoxy groups -OCH3 is 1. The molecule has 0 aliphatic heterocycles. The first kappa shape index (κ1) is 14.7. The van der Waals surface area contributed by atoms with Crippen molar-refractivity contribution in [2.75, 3.05) is 25.6 Å². The van der Waals surface area contributed by atoms with E-state index in [4.69, 9.17) is 9.47 Å². The molecular weight excluding hydrogens is 325 g/mol. The second-order valence-electron chi connectivity index (χ2n) is 4.08. The summed E-state index contributed by atoms with van der Waals surface area (Å²) < 4.78 is 24.7. The van der Waals surface area contributed by atoms with E-state index >= 15 is 0 Å². The lowest BCUT2D eigenvalue weighted by atomic mass is 10.3. The van der Waals surface area contributed by atoms with E-state index < -0.39 is 0 Å². The summed E-state index contributed by atoms with van der Waals surface area (Å²) in [4.78, 5) is 0. The number of nitrogens with one attached hydrogen (secondary N) is 1. The number of halogens is 2. The van der Waals surface area contributed by atoms with Gasteiger partial charge in [-0.05, 0) is 30.3 Å². The van der Waals surface area contributed by atoms with E-state index in [2.05, 4.69) is 21.2 Å².